The number of hydrogen-bond donors (Lipinski definition) is 3. The molecule has 8 heteroatoms. The maximum atomic E-state index is 12.3. The zero-order valence-electron chi connectivity index (χ0n) is 14.8. The summed E-state index contributed by atoms with van der Waals surface area (Å²) in [4.78, 5) is 34.9. The molecule has 7 nitrogen and oxygen atoms in total. The molecule has 3 N–H and O–H groups in total. The van der Waals surface area contributed by atoms with E-state index >= 15 is 0 Å². The number of benzene rings is 2. The molecule has 0 saturated carbocycles. The molecule has 2 rings (SSSR count). The van der Waals surface area contributed by atoms with Crippen LogP contribution in [-0.2, 0) is 16.0 Å². The zero-order valence-corrected chi connectivity index (χ0v) is 15.5. The standard InChI is InChI=1S/C19H19ClN2O5/c1-11(23)21-14-6-4-13(5-7-14)18(24)22-16(19(25)26)10-12-3-8-17(27-2)15(20)9-12/h3-9,16H,10H2,1-2H3,(H,21,23)(H,22,24)(H,25,26)/t16-/m0/s1. The quantitative estimate of drug-likeness (QED) is 0.674. The molecule has 0 heterocycles. The van der Waals surface area contributed by atoms with Crippen LogP contribution in [0.25, 0.3) is 0 Å². The van der Waals surface area contributed by atoms with Crippen LogP contribution in [0.1, 0.15) is 22.8 Å². The lowest BCUT2D eigenvalue weighted by Gasteiger charge is -2.15. The minimum Gasteiger partial charge on any atom is -0.495 e. The third kappa shape index (κ3) is 5.72. The summed E-state index contributed by atoms with van der Waals surface area (Å²) in [5.74, 6) is -1.44. The minimum absolute atomic E-state index is 0.0642. The Morgan fingerprint density at radius 1 is 1.15 bits per heavy atom. The Kier molecular flexibility index (Phi) is 6.79. The Morgan fingerprint density at radius 2 is 1.81 bits per heavy atom. The number of anilines is 1. The summed E-state index contributed by atoms with van der Waals surface area (Å²) in [7, 11) is 1.48. The number of carboxylic acids is 1. The predicted molar refractivity (Wildman–Crippen MR) is 101 cm³/mol. The number of ether oxygens (including phenoxy) is 1. The number of methoxy groups -OCH3 is 1. The second-order valence-corrected chi connectivity index (χ2v) is 6.20. The Morgan fingerprint density at radius 3 is 2.33 bits per heavy atom. The number of nitrogens with one attached hydrogen (secondary N) is 2. The van der Waals surface area contributed by atoms with E-state index in [0.29, 0.717) is 22.0 Å². The van der Waals surface area contributed by atoms with Crippen LogP contribution in [0, 0.1) is 0 Å². The third-order valence-corrected chi connectivity index (χ3v) is 4.02. The van der Waals surface area contributed by atoms with Crippen LogP contribution in [0.4, 0.5) is 5.69 Å². The average Bonchev–Trinajstić information content (AvgIpc) is 2.61. The van der Waals surface area contributed by atoms with Crippen molar-refractivity contribution in [1.29, 1.82) is 0 Å². The van der Waals surface area contributed by atoms with Crippen LogP contribution in [0.3, 0.4) is 0 Å². The van der Waals surface area contributed by atoms with Gasteiger partial charge in [-0.2, -0.15) is 0 Å². The number of aliphatic carboxylic acids is 1. The van der Waals surface area contributed by atoms with Crippen molar-refractivity contribution in [3.63, 3.8) is 0 Å². The first-order valence-corrected chi connectivity index (χ1v) is 8.41. The number of hydrogen-bond acceptors (Lipinski definition) is 4. The summed E-state index contributed by atoms with van der Waals surface area (Å²) < 4.78 is 5.06. The zero-order chi connectivity index (χ0) is 20.0. The smallest absolute Gasteiger partial charge is 0.326 e. The molecule has 2 aromatic rings. The molecule has 0 spiro atoms. The van der Waals surface area contributed by atoms with Gasteiger partial charge in [-0.3, -0.25) is 9.59 Å². The van der Waals surface area contributed by atoms with Crippen LogP contribution >= 0.6 is 11.6 Å². The lowest BCUT2D eigenvalue weighted by Crippen LogP contribution is -2.42. The van der Waals surface area contributed by atoms with Crippen LogP contribution in [0.2, 0.25) is 5.02 Å². The topological polar surface area (TPSA) is 105 Å². The van der Waals surface area contributed by atoms with Crippen LogP contribution in [-0.4, -0.2) is 36.0 Å². The molecule has 0 aliphatic heterocycles. The molecule has 0 fully saturated rings. The van der Waals surface area contributed by atoms with Gasteiger partial charge in [-0.1, -0.05) is 17.7 Å². The molecule has 0 aliphatic carbocycles. The molecule has 27 heavy (non-hydrogen) atoms. The Hall–Kier alpha value is -3.06. The molecule has 0 bridgehead atoms. The summed E-state index contributed by atoms with van der Waals surface area (Å²) in [5, 5.41) is 14.9. The molecule has 0 saturated heterocycles. The van der Waals surface area contributed by atoms with Gasteiger partial charge in [0.1, 0.15) is 11.8 Å². The number of halogens is 1. The molecule has 2 aromatic carbocycles. The van der Waals surface area contributed by atoms with Gasteiger partial charge >= 0.3 is 5.97 Å². The Balaban J connectivity index is 2.09. The van der Waals surface area contributed by atoms with E-state index in [1.165, 1.54) is 26.2 Å². The third-order valence-electron chi connectivity index (χ3n) is 3.73. The fourth-order valence-electron chi connectivity index (χ4n) is 2.42. The summed E-state index contributed by atoms with van der Waals surface area (Å²) in [5.41, 5.74) is 1.47. The number of amides is 2. The van der Waals surface area contributed by atoms with Gasteiger partial charge in [0, 0.05) is 24.6 Å². The highest BCUT2D eigenvalue weighted by molar-refractivity contribution is 6.32. The lowest BCUT2D eigenvalue weighted by molar-refractivity contribution is -0.139. The van der Waals surface area contributed by atoms with E-state index in [1.54, 1.807) is 30.3 Å². The maximum Gasteiger partial charge on any atom is 0.326 e. The lowest BCUT2D eigenvalue weighted by atomic mass is 10.0. The molecular weight excluding hydrogens is 372 g/mol. The summed E-state index contributed by atoms with van der Waals surface area (Å²) >= 11 is 6.06. The largest absolute Gasteiger partial charge is 0.495 e. The normalized spacial score (nSPS) is 11.4. The first-order chi connectivity index (χ1) is 12.8. The van der Waals surface area contributed by atoms with Crippen molar-refractivity contribution in [2.24, 2.45) is 0 Å². The van der Waals surface area contributed by atoms with E-state index in [4.69, 9.17) is 16.3 Å². The first-order valence-electron chi connectivity index (χ1n) is 8.04. The highest BCUT2D eigenvalue weighted by Gasteiger charge is 2.21. The van der Waals surface area contributed by atoms with Crippen molar-refractivity contribution in [1.82, 2.24) is 5.32 Å². The molecule has 0 unspecified atom stereocenters. The fraction of sp³-hybridized carbons (Fsp3) is 0.211. The monoisotopic (exact) mass is 390 g/mol. The maximum absolute atomic E-state index is 12.3. The molecule has 1 atom stereocenters. The summed E-state index contributed by atoms with van der Waals surface area (Å²) in [6.07, 6.45) is 0.0642. The molecular formula is C19H19ClN2O5. The van der Waals surface area contributed by atoms with Crippen LogP contribution in [0.5, 0.6) is 5.75 Å². The van der Waals surface area contributed by atoms with Gasteiger partial charge in [0.15, 0.2) is 0 Å². The molecule has 0 aliphatic rings. The van der Waals surface area contributed by atoms with E-state index in [9.17, 15) is 19.5 Å². The highest BCUT2D eigenvalue weighted by atomic mass is 35.5. The van der Waals surface area contributed by atoms with Gasteiger partial charge in [-0.05, 0) is 42.0 Å². The molecule has 0 radical (unpaired) electrons. The number of carbonyl (C=O) groups excluding carboxylic acids is 2. The first kappa shape index (κ1) is 20.3. The number of carboxylic acid groups (broad SMARTS) is 1. The summed E-state index contributed by atoms with van der Waals surface area (Å²) in [6, 6.07) is 9.94. The van der Waals surface area contributed by atoms with Gasteiger partial charge in [0.2, 0.25) is 5.91 Å². The number of carbonyl (C=O) groups is 3. The average molecular weight is 391 g/mol. The van der Waals surface area contributed by atoms with Crippen molar-refractivity contribution >= 4 is 35.1 Å². The fourth-order valence-corrected chi connectivity index (χ4v) is 2.70. The van der Waals surface area contributed by atoms with E-state index in [0.717, 1.165) is 0 Å². The Labute approximate surface area is 161 Å². The second-order valence-electron chi connectivity index (χ2n) is 5.80. The van der Waals surface area contributed by atoms with Gasteiger partial charge in [-0.15, -0.1) is 0 Å². The molecule has 2 amide bonds. The predicted octanol–water partition coefficient (Wildman–Crippen LogP) is 2.73. The highest BCUT2D eigenvalue weighted by Crippen LogP contribution is 2.25. The van der Waals surface area contributed by atoms with Crippen molar-refractivity contribution in [2.75, 3.05) is 12.4 Å². The van der Waals surface area contributed by atoms with E-state index in [1.807, 2.05) is 0 Å². The SMILES string of the molecule is COc1ccc(C[C@H](NC(=O)c2ccc(NC(C)=O)cc2)C(=O)O)cc1Cl. The minimum atomic E-state index is -1.16. The molecule has 0 aromatic heterocycles. The van der Waals surface area contributed by atoms with Gasteiger partial charge in [0.25, 0.3) is 5.91 Å². The van der Waals surface area contributed by atoms with E-state index < -0.39 is 17.9 Å². The van der Waals surface area contributed by atoms with Gasteiger partial charge in [0.05, 0.1) is 12.1 Å². The van der Waals surface area contributed by atoms with Crippen LogP contribution < -0.4 is 15.4 Å². The van der Waals surface area contributed by atoms with Crippen molar-refractivity contribution in [3.8, 4) is 5.75 Å². The van der Waals surface area contributed by atoms with E-state index in [-0.39, 0.29) is 17.9 Å². The van der Waals surface area contributed by atoms with Gasteiger partial charge < -0.3 is 20.5 Å². The molecule has 142 valence electrons. The summed E-state index contributed by atoms with van der Waals surface area (Å²) in [6.45, 7) is 1.38. The van der Waals surface area contributed by atoms with Crippen molar-refractivity contribution in [2.45, 2.75) is 19.4 Å². The van der Waals surface area contributed by atoms with Crippen molar-refractivity contribution < 1.29 is 24.2 Å². The van der Waals surface area contributed by atoms with Gasteiger partial charge in [-0.25, -0.2) is 4.79 Å². The van der Waals surface area contributed by atoms with Crippen LogP contribution in [0.15, 0.2) is 42.5 Å². The Bertz CT molecular complexity index is 852. The van der Waals surface area contributed by atoms with Crippen molar-refractivity contribution in [3.05, 3.63) is 58.6 Å². The van der Waals surface area contributed by atoms with E-state index in [2.05, 4.69) is 10.6 Å². The second kappa shape index (κ2) is 9.05. The number of rotatable bonds is 7.